The fraction of sp³-hybridized carbons (Fsp3) is 0.304. The first-order valence-electron chi connectivity index (χ1n) is 9.95. The summed E-state index contributed by atoms with van der Waals surface area (Å²) in [5.74, 6) is 0.895. The zero-order valence-electron chi connectivity index (χ0n) is 17.5. The summed E-state index contributed by atoms with van der Waals surface area (Å²) in [5, 5.41) is 0.307. The van der Waals surface area contributed by atoms with Crippen LogP contribution in [-0.4, -0.2) is 28.8 Å². The Balaban J connectivity index is 1.86. The summed E-state index contributed by atoms with van der Waals surface area (Å²) in [5.41, 5.74) is 1.57. The monoisotopic (exact) mass is 523 g/mol. The van der Waals surface area contributed by atoms with Gasteiger partial charge in [0.05, 0.1) is 28.6 Å². The number of ether oxygens (including phenoxy) is 2. The molecule has 0 unspecified atom stereocenters. The SMILES string of the molecule is CCOc1cc(/C=C2/SC(=O)N(Cc3ccc(Cl)cc3)C2=O)cc(Br)c1O[C@@H](C)CC. The van der Waals surface area contributed by atoms with E-state index in [1.165, 1.54) is 4.90 Å². The molecule has 1 aliphatic heterocycles. The van der Waals surface area contributed by atoms with Crippen molar-refractivity contribution in [1.82, 2.24) is 4.90 Å². The maximum atomic E-state index is 12.9. The van der Waals surface area contributed by atoms with Gasteiger partial charge in [0, 0.05) is 5.02 Å². The van der Waals surface area contributed by atoms with E-state index in [0.29, 0.717) is 28.0 Å². The molecule has 164 valence electrons. The highest BCUT2D eigenvalue weighted by molar-refractivity contribution is 9.10. The molecule has 2 amide bonds. The maximum Gasteiger partial charge on any atom is 0.293 e. The molecule has 0 N–H and O–H groups in total. The van der Waals surface area contributed by atoms with E-state index < -0.39 is 0 Å². The molecule has 8 heteroatoms. The van der Waals surface area contributed by atoms with Crippen molar-refractivity contribution in [3.63, 3.8) is 0 Å². The number of halogens is 2. The van der Waals surface area contributed by atoms with Crippen LogP contribution >= 0.6 is 39.3 Å². The van der Waals surface area contributed by atoms with Crippen LogP contribution in [0.4, 0.5) is 4.79 Å². The zero-order valence-corrected chi connectivity index (χ0v) is 20.6. The summed E-state index contributed by atoms with van der Waals surface area (Å²) in [4.78, 5) is 26.9. The number of rotatable bonds is 8. The van der Waals surface area contributed by atoms with Crippen LogP contribution < -0.4 is 9.47 Å². The molecule has 0 saturated carbocycles. The van der Waals surface area contributed by atoms with E-state index in [1.807, 2.05) is 32.9 Å². The van der Waals surface area contributed by atoms with Gasteiger partial charge in [-0.05, 0) is 89.4 Å². The number of hydrogen-bond donors (Lipinski definition) is 0. The summed E-state index contributed by atoms with van der Waals surface area (Å²) in [7, 11) is 0. The van der Waals surface area contributed by atoms with Gasteiger partial charge in [0.2, 0.25) is 0 Å². The minimum absolute atomic E-state index is 0.0331. The van der Waals surface area contributed by atoms with Crippen LogP contribution in [0, 0.1) is 0 Å². The quantitative estimate of drug-likeness (QED) is 0.351. The summed E-state index contributed by atoms with van der Waals surface area (Å²) in [6, 6.07) is 10.8. The van der Waals surface area contributed by atoms with Crippen molar-refractivity contribution in [2.24, 2.45) is 0 Å². The normalized spacial score (nSPS) is 16.2. The Morgan fingerprint density at radius 2 is 1.90 bits per heavy atom. The Bertz CT molecular complexity index is 1010. The fourth-order valence-corrected chi connectivity index (χ4v) is 4.41. The Morgan fingerprint density at radius 3 is 2.55 bits per heavy atom. The van der Waals surface area contributed by atoms with Gasteiger partial charge in [-0.2, -0.15) is 0 Å². The minimum atomic E-state index is -0.320. The number of imide groups is 1. The van der Waals surface area contributed by atoms with E-state index in [1.54, 1.807) is 30.3 Å². The Hall–Kier alpha value is -1.96. The van der Waals surface area contributed by atoms with Gasteiger partial charge in [-0.15, -0.1) is 0 Å². The Labute approximate surface area is 199 Å². The lowest BCUT2D eigenvalue weighted by atomic mass is 10.1. The molecule has 1 fully saturated rings. The third-order valence-electron chi connectivity index (χ3n) is 4.65. The highest BCUT2D eigenvalue weighted by Gasteiger charge is 2.35. The second-order valence-electron chi connectivity index (χ2n) is 6.99. The molecule has 0 radical (unpaired) electrons. The Kier molecular flexibility index (Phi) is 8.08. The molecule has 0 aliphatic carbocycles. The Morgan fingerprint density at radius 1 is 1.19 bits per heavy atom. The van der Waals surface area contributed by atoms with Crippen LogP contribution in [0.5, 0.6) is 11.5 Å². The molecular weight excluding hydrogens is 502 g/mol. The fourth-order valence-electron chi connectivity index (χ4n) is 2.89. The smallest absolute Gasteiger partial charge is 0.293 e. The van der Waals surface area contributed by atoms with Gasteiger partial charge >= 0.3 is 0 Å². The van der Waals surface area contributed by atoms with Gasteiger partial charge in [0.15, 0.2) is 11.5 Å². The first kappa shape index (κ1) is 23.7. The predicted octanol–water partition coefficient (Wildman–Crippen LogP) is 6.92. The van der Waals surface area contributed by atoms with Crippen molar-refractivity contribution in [2.75, 3.05) is 6.61 Å². The van der Waals surface area contributed by atoms with E-state index >= 15 is 0 Å². The average Bonchev–Trinajstić information content (AvgIpc) is 2.99. The molecule has 2 aromatic carbocycles. The molecule has 31 heavy (non-hydrogen) atoms. The summed E-state index contributed by atoms with van der Waals surface area (Å²) in [6.07, 6.45) is 2.60. The van der Waals surface area contributed by atoms with Crippen LogP contribution in [0.2, 0.25) is 5.02 Å². The predicted molar refractivity (Wildman–Crippen MR) is 129 cm³/mol. The number of carbonyl (C=O) groups is 2. The van der Waals surface area contributed by atoms with Gasteiger partial charge in [-0.25, -0.2) is 0 Å². The van der Waals surface area contributed by atoms with Gasteiger partial charge in [0.25, 0.3) is 11.1 Å². The van der Waals surface area contributed by atoms with Crippen LogP contribution in [0.15, 0.2) is 45.8 Å². The van der Waals surface area contributed by atoms with Gasteiger partial charge in [0.1, 0.15) is 0 Å². The van der Waals surface area contributed by atoms with E-state index in [9.17, 15) is 9.59 Å². The van der Waals surface area contributed by atoms with Gasteiger partial charge in [-0.3, -0.25) is 14.5 Å². The summed E-state index contributed by atoms with van der Waals surface area (Å²) >= 11 is 10.4. The van der Waals surface area contributed by atoms with Crippen molar-refractivity contribution in [3.05, 3.63) is 61.9 Å². The molecule has 1 saturated heterocycles. The summed E-state index contributed by atoms with van der Waals surface area (Å²) < 4.78 is 12.5. The molecule has 2 aromatic rings. The third-order valence-corrected chi connectivity index (χ3v) is 6.40. The lowest BCUT2D eigenvalue weighted by molar-refractivity contribution is -0.123. The lowest BCUT2D eigenvalue weighted by Gasteiger charge is -2.18. The molecule has 0 aromatic heterocycles. The van der Waals surface area contributed by atoms with Crippen molar-refractivity contribution in [3.8, 4) is 11.5 Å². The largest absolute Gasteiger partial charge is 0.490 e. The highest BCUT2D eigenvalue weighted by atomic mass is 79.9. The van der Waals surface area contributed by atoms with Gasteiger partial charge < -0.3 is 9.47 Å². The van der Waals surface area contributed by atoms with Crippen molar-refractivity contribution >= 4 is 56.5 Å². The van der Waals surface area contributed by atoms with Crippen LogP contribution in [0.1, 0.15) is 38.3 Å². The molecular formula is C23H23BrClNO4S. The number of carbonyl (C=O) groups excluding carboxylic acids is 2. The first-order valence-corrected chi connectivity index (χ1v) is 11.9. The second kappa shape index (κ2) is 10.6. The zero-order chi connectivity index (χ0) is 22.5. The molecule has 1 atom stereocenters. The summed E-state index contributed by atoms with van der Waals surface area (Å²) in [6.45, 7) is 6.62. The lowest BCUT2D eigenvalue weighted by Crippen LogP contribution is -2.27. The number of thioether (sulfide) groups is 1. The highest BCUT2D eigenvalue weighted by Crippen LogP contribution is 2.40. The van der Waals surface area contributed by atoms with E-state index in [-0.39, 0.29) is 23.8 Å². The number of nitrogens with zero attached hydrogens (tertiary/aromatic N) is 1. The third kappa shape index (κ3) is 5.84. The standard InChI is InChI=1S/C23H23BrClNO4S/c1-4-14(3)30-21-18(24)10-16(11-19(21)29-5-2)12-20-22(27)26(23(28)31-20)13-15-6-8-17(25)9-7-15/h6-12,14H,4-5,13H2,1-3H3/b20-12+/t14-/m0/s1. The molecule has 3 rings (SSSR count). The van der Waals surface area contributed by atoms with E-state index in [2.05, 4.69) is 15.9 Å². The van der Waals surface area contributed by atoms with Crippen molar-refractivity contribution in [1.29, 1.82) is 0 Å². The van der Waals surface area contributed by atoms with Crippen molar-refractivity contribution < 1.29 is 19.1 Å². The average molecular weight is 525 g/mol. The molecule has 0 bridgehead atoms. The molecule has 5 nitrogen and oxygen atoms in total. The van der Waals surface area contributed by atoms with E-state index in [0.717, 1.165) is 33.8 Å². The van der Waals surface area contributed by atoms with Crippen molar-refractivity contribution in [2.45, 2.75) is 39.8 Å². The van der Waals surface area contributed by atoms with Crippen LogP contribution in [0.25, 0.3) is 6.08 Å². The van der Waals surface area contributed by atoms with E-state index in [4.69, 9.17) is 21.1 Å². The van der Waals surface area contributed by atoms with Crippen LogP contribution in [0.3, 0.4) is 0 Å². The molecule has 1 aliphatic rings. The second-order valence-corrected chi connectivity index (χ2v) is 9.28. The number of benzene rings is 2. The first-order chi connectivity index (χ1) is 14.8. The van der Waals surface area contributed by atoms with Crippen LogP contribution in [-0.2, 0) is 11.3 Å². The maximum absolute atomic E-state index is 12.9. The van der Waals surface area contributed by atoms with Gasteiger partial charge in [-0.1, -0.05) is 30.7 Å². The number of hydrogen-bond acceptors (Lipinski definition) is 5. The topological polar surface area (TPSA) is 55.8 Å². The molecule has 0 spiro atoms. The molecule has 1 heterocycles. The number of amides is 2. The minimum Gasteiger partial charge on any atom is -0.490 e.